The number of hydrogen-bond donors (Lipinski definition) is 1. The van der Waals surface area contributed by atoms with Gasteiger partial charge in [-0.25, -0.2) is 4.39 Å². The standard InChI is InChI=1S/C14H22FN3/c1-17-7-4-8-18(10-9-17)14(11-16)12-5-2-3-6-13(12)15/h2-3,5-6,14H,4,7-11,16H2,1H3. The molecule has 3 nitrogen and oxygen atoms in total. The van der Waals surface area contributed by atoms with Crippen LogP contribution in [0.5, 0.6) is 0 Å². The summed E-state index contributed by atoms with van der Waals surface area (Å²) in [5.74, 6) is -0.148. The summed E-state index contributed by atoms with van der Waals surface area (Å²) in [6, 6.07) is 6.97. The molecule has 0 bridgehead atoms. The van der Waals surface area contributed by atoms with Crippen LogP contribution in [0.3, 0.4) is 0 Å². The highest BCUT2D eigenvalue weighted by Gasteiger charge is 2.23. The van der Waals surface area contributed by atoms with Crippen LogP contribution in [0.1, 0.15) is 18.0 Å². The molecule has 4 heteroatoms. The van der Waals surface area contributed by atoms with Crippen LogP contribution < -0.4 is 5.73 Å². The molecule has 1 heterocycles. The predicted octanol–water partition coefficient (Wildman–Crippen LogP) is 1.46. The SMILES string of the molecule is CN1CCCN(C(CN)c2ccccc2F)CC1. The average molecular weight is 251 g/mol. The topological polar surface area (TPSA) is 32.5 Å². The Bertz CT molecular complexity index is 383. The van der Waals surface area contributed by atoms with Crippen LogP contribution in [0.15, 0.2) is 24.3 Å². The van der Waals surface area contributed by atoms with Crippen LogP contribution in [0.25, 0.3) is 0 Å². The third kappa shape index (κ3) is 3.07. The molecule has 1 aromatic carbocycles. The van der Waals surface area contributed by atoms with Crippen molar-refractivity contribution in [3.63, 3.8) is 0 Å². The number of hydrogen-bond acceptors (Lipinski definition) is 3. The molecule has 1 aromatic rings. The van der Waals surface area contributed by atoms with Crippen molar-refractivity contribution in [1.29, 1.82) is 0 Å². The lowest BCUT2D eigenvalue weighted by Gasteiger charge is -2.30. The van der Waals surface area contributed by atoms with Crippen molar-refractivity contribution in [3.8, 4) is 0 Å². The second kappa shape index (κ2) is 6.27. The Morgan fingerprint density at radius 3 is 2.72 bits per heavy atom. The van der Waals surface area contributed by atoms with E-state index in [2.05, 4.69) is 16.8 Å². The number of halogens is 1. The van der Waals surface area contributed by atoms with Gasteiger partial charge in [0.25, 0.3) is 0 Å². The molecule has 18 heavy (non-hydrogen) atoms. The molecule has 1 saturated heterocycles. The van der Waals surface area contributed by atoms with E-state index in [9.17, 15) is 4.39 Å². The van der Waals surface area contributed by atoms with Crippen molar-refractivity contribution in [1.82, 2.24) is 9.80 Å². The van der Waals surface area contributed by atoms with Gasteiger partial charge >= 0.3 is 0 Å². The average Bonchev–Trinajstić information content (AvgIpc) is 2.58. The maximum absolute atomic E-state index is 13.9. The minimum Gasteiger partial charge on any atom is -0.329 e. The molecular weight excluding hydrogens is 229 g/mol. The molecule has 0 saturated carbocycles. The quantitative estimate of drug-likeness (QED) is 0.883. The van der Waals surface area contributed by atoms with Crippen molar-refractivity contribution >= 4 is 0 Å². The molecule has 1 unspecified atom stereocenters. The van der Waals surface area contributed by atoms with E-state index in [0.29, 0.717) is 6.54 Å². The maximum atomic E-state index is 13.9. The number of benzene rings is 1. The summed E-state index contributed by atoms with van der Waals surface area (Å²) >= 11 is 0. The van der Waals surface area contributed by atoms with Crippen molar-refractivity contribution in [2.45, 2.75) is 12.5 Å². The Kier molecular flexibility index (Phi) is 4.69. The molecule has 1 aliphatic rings. The summed E-state index contributed by atoms with van der Waals surface area (Å²) in [5.41, 5.74) is 6.59. The molecule has 0 spiro atoms. The van der Waals surface area contributed by atoms with Gasteiger partial charge in [0, 0.05) is 37.8 Å². The lowest BCUT2D eigenvalue weighted by Crippen LogP contribution is -2.37. The van der Waals surface area contributed by atoms with E-state index in [1.54, 1.807) is 6.07 Å². The lowest BCUT2D eigenvalue weighted by molar-refractivity contribution is 0.204. The molecule has 2 N–H and O–H groups in total. The first-order chi connectivity index (χ1) is 8.72. The summed E-state index contributed by atoms with van der Waals surface area (Å²) < 4.78 is 13.9. The van der Waals surface area contributed by atoms with E-state index in [1.165, 1.54) is 6.07 Å². The maximum Gasteiger partial charge on any atom is 0.128 e. The van der Waals surface area contributed by atoms with Gasteiger partial charge in [-0.2, -0.15) is 0 Å². The second-order valence-corrected chi connectivity index (χ2v) is 4.97. The Labute approximate surface area is 108 Å². The Morgan fingerprint density at radius 1 is 1.22 bits per heavy atom. The van der Waals surface area contributed by atoms with E-state index in [4.69, 9.17) is 5.73 Å². The number of nitrogens with zero attached hydrogens (tertiary/aromatic N) is 2. The molecule has 0 aliphatic carbocycles. The zero-order valence-corrected chi connectivity index (χ0v) is 11.0. The highest BCUT2D eigenvalue weighted by Crippen LogP contribution is 2.23. The van der Waals surface area contributed by atoms with Crippen LogP contribution in [0.2, 0.25) is 0 Å². The predicted molar refractivity (Wildman–Crippen MR) is 71.9 cm³/mol. The normalized spacial score (nSPS) is 20.6. The Balaban J connectivity index is 2.15. The first kappa shape index (κ1) is 13.5. The van der Waals surface area contributed by atoms with Crippen LogP contribution >= 0.6 is 0 Å². The van der Waals surface area contributed by atoms with Gasteiger partial charge in [-0.15, -0.1) is 0 Å². The van der Waals surface area contributed by atoms with Gasteiger partial charge in [-0.1, -0.05) is 18.2 Å². The second-order valence-electron chi connectivity index (χ2n) is 4.97. The summed E-state index contributed by atoms with van der Waals surface area (Å²) in [6.45, 7) is 4.52. The van der Waals surface area contributed by atoms with Crippen molar-refractivity contribution in [2.75, 3.05) is 39.8 Å². The van der Waals surface area contributed by atoms with Crippen molar-refractivity contribution in [2.24, 2.45) is 5.73 Å². The van der Waals surface area contributed by atoms with E-state index in [-0.39, 0.29) is 11.9 Å². The molecule has 1 aliphatic heterocycles. The molecule has 1 atom stereocenters. The van der Waals surface area contributed by atoms with Crippen LogP contribution in [-0.4, -0.2) is 49.6 Å². The van der Waals surface area contributed by atoms with Crippen molar-refractivity contribution < 1.29 is 4.39 Å². The molecule has 100 valence electrons. The molecule has 2 rings (SSSR count). The zero-order valence-electron chi connectivity index (χ0n) is 11.0. The molecule has 0 radical (unpaired) electrons. The van der Waals surface area contributed by atoms with Gasteiger partial charge < -0.3 is 10.6 Å². The van der Waals surface area contributed by atoms with Gasteiger partial charge in [0.15, 0.2) is 0 Å². The van der Waals surface area contributed by atoms with Gasteiger partial charge in [0.1, 0.15) is 5.82 Å². The van der Waals surface area contributed by atoms with Gasteiger partial charge in [-0.05, 0) is 26.1 Å². The minimum absolute atomic E-state index is 0.00213. The summed E-state index contributed by atoms with van der Waals surface area (Å²) in [5, 5.41) is 0. The van der Waals surface area contributed by atoms with Gasteiger partial charge in [-0.3, -0.25) is 4.90 Å². The fourth-order valence-electron chi connectivity index (χ4n) is 2.60. The molecule has 0 amide bonds. The Hall–Kier alpha value is -0.970. The third-order valence-electron chi connectivity index (χ3n) is 3.68. The van der Waals surface area contributed by atoms with Crippen LogP contribution in [0.4, 0.5) is 4.39 Å². The van der Waals surface area contributed by atoms with E-state index >= 15 is 0 Å². The molecular formula is C14H22FN3. The fourth-order valence-corrected chi connectivity index (χ4v) is 2.60. The van der Waals surface area contributed by atoms with Crippen LogP contribution in [-0.2, 0) is 0 Å². The number of likely N-dealkylation sites (N-methyl/N-ethyl adjacent to an activating group) is 1. The first-order valence-electron chi connectivity index (χ1n) is 6.59. The summed E-state index contributed by atoms with van der Waals surface area (Å²) in [7, 11) is 2.13. The minimum atomic E-state index is -0.148. The van der Waals surface area contributed by atoms with Gasteiger partial charge in [0.05, 0.1) is 0 Å². The summed E-state index contributed by atoms with van der Waals surface area (Å²) in [6.07, 6.45) is 1.11. The highest BCUT2D eigenvalue weighted by atomic mass is 19.1. The van der Waals surface area contributed by atoms with E-state index < -0.39 is 0 Å². The van der Waals surface area contributed by atoms with Crippen LogP contribution in [0, 0.1) is 5.82 Å². The largest absolute Gasteiger partial charge is 0.329 e. The highest BCUT2D eigenvalue weighted by molar-refractivity contribution is 5.21. The first-order valence-corrected chi connectivity index (χ1v) is 6.59. The summed E-state index contributed by atoms with van der Waals surface area (Å²) in [4.78, 5) is 4.62. The van der Waals surface area contributed by atoms with E-state index in [1.807, 2.05) is 12.1 Å². The number of rotatable bonds is 3. The Morgan fingerprint density at radius 2 is 2.00 bits per heavy atom. The number of nitrogens with two attached hydrogens (primary N) is 1. The van der Waals surface area contributed by atoms with Crippen molar-refractivity contribution in [3.05, 3.63) is 35.6 Å². The fraction of sp³-hybridized carbons (Fsp3) is 0.571. The smallest absolute Gasteiger partial charge is 0.128 e. The molecule has 0 aromatic heterocycles. The van der Waals surface area contributed by atoms with Gasteiger partial charge in [0.2, 0.25) is 0 Å². The molecule has 1 fully saturated rings. The van der Waals surface area contributed by atoms with E-state index in [0.717, 1.165) is 38.2 Å². The monoisotopic (exact) mass is 251 g/mol. The zero-order chi connectivity index (χ0) is 13.0. The lowest BCUT2D eigenvalue weighted by atomic mass is 10.0. The third-order valence-corrected chi connectivity index (χ3v) is 3.68.